The van der Waals surface area contributed by atoms with Crippen molar-refractivity contribution in [2.45, 2.75) is 26.1 Å². The minimum absolute atomic E-state index is 0.159. The average Bonchev–Trinajstić information content (AvgIpc) is 3.03. The van der Waals surface area contributed by atoms with E-state index in [1.54, 1.807) is 26.0 Å². The number of rotatable bonds is 4. The molecule has 0 saturated carbocycles. The van der Waals surface area contributed by atoms with Gasteiger partial charge in [-0.2, -0.15) is 13.2 Å². The van der Waals surface area contributed by atoms with E-state index in [0.717, 1.165) is 10.8 Å². The predicted molar refractivity (Wildman–Crippen MR) is 104 cm³/mol. The lowest BCUT2D eigenvalue weighted by atomic mass is 10.0. The van der Waals surface area contributed by atoms with Gasteiger partial charge in [0.25, 0.3) is 5.91 Å². The molecule has 3 rings (SSSR count). The molecule has 2 aromatic carbocycles. The van der Waals surface area contributed by atoms with Crippen LogP contribution in [0.15, 0.2) is 42.5 Å². The predicted octanol–water partition coefficient (Wildman–Crippen LogP) is 5.49. The number of aryl methyl sites for hydroxylation is 1. The Bertz CT molecular complexity index is 1060. The fraction of sp³-hybridized carbons (Fsp3) is 0.200. The van der Waals surface area contributed by atoms with E-state index in [-0.39, 0.29) is 12.0 Å². The van der Waals surface area contributed by atoms with Gasteiger partial charge in [0.05, 0.1) is 10.2 Å². The molecule has 28 heavy (non-hydrogen) atoms. The summed E-state index contributed by atoms with van der Waals surface area (Å²) in [6.45, 7) is 3.30. The van der Waals surface area contributed by atoms with Gasteiger partial charge in [-0.15, -0.1) is 11.3 Å². The third-order valence-corrected chi connectivity index (χ3v) is 5.19. The molecule has 0 radical (unpaired) electrons. The number of aliphatic hydroxyl groups excluding tert-OH is 1. The van der Waals surface area contributed by atoms with Crippen molar-refractivity contribution >= 4 is 39.2 Å². The lowest BCUT2D eigenvalue weighted by molar-refractivity contribution is -0.0790. The molecular weight excluding hydrogens is 389 g/mol. The van der Waals surface area contributed by atoms with E-state index in [4.69, 9.17) is 0 Å². The highest BCUT2D eigenvalue weighted by Crippen LogP contribution is 2.28. The third kappa shape index (κ3) is 4.76. The van der Waals surface area contributed by atoms with E-state index in [1.165, 1.54) is 29.5 Å². The number of nitrogens with one attached hydrogen (secondary N) is 1. The number of nitrogens with zero attached hydrogens (tertiary/aromatic N) is 1. The summed E-state index contributed by atoms with van der Waals surface area (Å²) >= 11 is 1.38. The number of anilines is 1. The average molecular weight is 406 g/mol. The first-order chi connectivity index (χ1) is 13.1. The van der Waals surface area contributed by atoms with E-state index in [2.05, 4.69) is 10.3 Å². The fourth-order valence-electron chi connectivity index (χ4n) is 2.64. The number of hydrogen-bond donors (Lipinski definition) is 2. The van der Waals surface area contributed by atoms with Crippen molar-refractivity contribution in [3.8, 4) is 0 Å². The first kappa shape index (κ1) is 20.0. The van der Waals surface area contributed by atoms with E-state index in [9.17, 15) is 23.1 Å². The summed E-state index contributed by atoms with van der Waals surface area (Å²) in [5.74, 6) is -0.366. The molecule has 0 aliphatic carbocycles. The van der Waals surface area contributed by atoms with Crippen molar-refractivity contribution in [3.63, 3.8) is 0 Å². The van der Waals surface area contributed by atoms with Crippen LogP contribution in [0.4, 0.5) is 18.9 Å². The normalized spacial score (nSPS) is 13.2. The number of carbonyl (C=O) groups excluding carboxylic acids is 1. The first-order valence-corrected chi connectivity index (χ1v) is 9.20. The molecule has 1 aromatic heterocycles. The molecule has 3 aromatic rings. The second kappa shape index (κ2) is 7.73. The standard InChI is InChI=1S/C20H17F3N2O2S/c1-11-9-13(7-8-20(21,22)23)3-5-15(11)18(27)24-14-4-6-17-16(10-14)25-19(28-17)12(2)26/h3-10,12,26H,1-2H3,(H,24,27). The minimum atomic E-state index is -4.38. The van der Waals surface area contributed by atoms with Crippen LogP contribution in [0.3, 0.4) is 0 Å². The van der Waals surface area contributed by atoms with Crippen LogP contribution in [0.25, 0.3) is 16.3 Å². The number of carbonyl (C=O) groups is 1. The van der Waals surface area contributed by atoms with Crippen LogP contribution in [0.5, 0.6) is 0 Å². The number of halogens is 3. The Balaban J connectivity index is 1.79. The van der Waals surface area contributed by atoms with Crippen LogP contribution in [-0.2, 0) is 0 Å². The summed E-state index contributed by atoms with van der Waals surface area (Å²) < 4.78 is 37.7. The lowest BCUT2D eigenvalue weighted by Crippen LogP contribution is -2.13. The summed E-state index contributed by atoms with van der Waals surface area (Å²) in [5, 5.41) is 13.0. The van der Waals surface area contributed by atoms with E-state index < -0.39 is 12.3 Å². The Labute approximate surface area is 163 Å². The van der Waals surface area contributed by atoms with Crippen molar-refractivity contribution in [2.75, 3.05) is 5.32 Å². The molecule has 0 bridgehead atoms. The van der Waals surface area contributed by atoms with Crippen molar-refractivity contribution in [1.29, 1.82) is 0 Å². The van der Waals surface area contributed by atoms with Crippen molar-refractivity contribution in [2.24, 2.45) is 0 Å². The van der Waals surface area contributed by atoms with E-state index in [0.29, 0.717) is 32.9 Å². The summed E-state index contributed by atoms with van der Waals surface area (Å²) in [6, 6.07) is 9.74. The van der Waals surface area contributed by atoms with Crippen molar-refractivity contribution < 1.29 is 23.1 Å². The fourth-order valence-corrected chi connectivity index (χ4v) is 3.52. The zero-order valence-electron chi connectivity index (χ0n) is 15.0. The number of fused-ring (bicyclic) bond motifs is 1. The smallest absolute Gasteiger partial charge is 0.386 e. The molecule has 1 unspecified atom stereocenters. The Morgan fingerprint density at radius 1 is 1.25 bits per heavy atom. The molecule has 146 valence electrons. The number of aliphatic hydroxyl groups is 1. The Hall–Kier alpha value is -2.71. The van der Waals surface area contributed by atoms with E-state index >= 15 is 0 Å². The molecule has 0 spiro atoms. The Morgan fingerprint density at radius 2 is 2.00 bits per heavy atom. The number of allylic oxidation sites excluding steroid dienone is 1. The van der Waals surface area contributed by atoms with Crippen LogP contribution in [-0.4, -0.2) is 22.2 Å². The molecule has 8 heteroatoms. The molecule has 1 heterocycles. The van der Waals surface area contributed by atoms with Crippen LogP contribution in [0.2, 0.25) is 0 Å². The summed E-state index contributed by atoms with van der Waals surface area (Å²) in [4.78, 5) is 16.9. The maximum Gasteiger partial charge on any atom is 0.409 e. The number of amides is 1. The Kier molecular flexibility index (Phi) is 5.53. The number of benzene rings is 2. The summed E-state index contributed by atoms with van der Waals surface area (Å²) in [7, 11) is 0. The van der Waals surface area contributed by atoms with Gasteiger partial charge in [-0.3, -0.25) is 4.79 Å². The molecule has 1 amide bonds. The summed E-state index contributed by atoms with van der Waals surface area (Å²) in [6.07, 6.45) is -3.93. The lowest BCUT2D eigenvalue weighted by Gasteiger charge is -2.09. The van der Waals surface area contributed by atoms with Crippen molar-refractivity contribution in [3.05, 3.63) is 64.2 Å². The third-order valence-electron chi connectivity index (χ3n) is 3.98. The second-order valence-corrected chi connectivity index (χ2v) is 7.38. The molecule has 1 atom stereocenters. The van der Waals surface area contributed by atoms with Gasteiger partial charge >= 0.3 is 6.18 Å². The number of aromatic nitrogens is 1. The molecule has 0 aliphatic rings. The van der Waals surface area contributed by atoms with Crippen molar-refractivity contribution in [1.82, 2.24) is 4.98 Å². The van der Waals surface area contributed by atoms with Crippen LogP contribution >= 0.6 is 11.3 Å². The zero-order chi connectivity index (χ0) is 20.5. The maximum atomic E-state index is 12.5. The molecule has 0 aliphatic heterocycles. The van der Waals surface area contributed by atoms with Crippen LogP contribution in [0.1, 0.15) is 39.5 Å². The second-order valence-electron chi connectivity index (χ2n) is 6.31. The largest absolute Gasteiger partial charge is 0.409 e. The van der Waals surface area contributed by atoms with Gasteiger partial charge < -0.3 is 10.4 Å². The number of alkyl halides is 3. The van der Waals surface area contributed by atoms with Gasteiger partial charge in [0.15, 0.2) is 0 Å². The highest BCUT2D eigenvalue weighted by molar-refractivity contribution is 7.18. The van der Waals surface area contributed by atoms with Gasteiger partial charge in [-0.25, -0.2) is 4.98 Å². The quantitative estimate of drug-likeness (QED) is 0.603. The molecule has 0 fully saturated rings. The molecular formula is C20H17F3N2O2S. The molecule has 2 N–H and O–H groups in total. The van der Waals surface area contributed by atoms with Gasteiger partial charge in [-0.05, 0) is 49.2 Å². The van der Waals surface area contributed by atoms with Crippen LogP contribution in [0, 0.1) is 6.92 Å². The number of thiazole rings is 1. The molecule has 4 nitrogen and oxygen atoms in total. The summed E-state index contributed by atoms with van der Waals surface area (Å²) in [5.41, 5.74) is 2.50. The van der Waals surface area contributed by atoms with Gasteiger partial charge in [-0.1, -0.05) is 18.2 Å². The van der Waals surface area contributed by atoms with Gasteiger partial charge in [0.1, 0.15) is 11.1 Å². The Morgan fingerprint density at radius 3 is 2.64 bits per heavy atom. The highest BCUT2D eigenvalue weighted by atomic mass is 32.1. The zero-order valence-corrected chi connectivity index (χ0v) is 15.9. The minimum Gasteiger partial charge on any atom is -0.386 e. The first-order valence-electron chi connectivity index (χ1n) is 8.39. The number of hydrogen-bond acceptors (Lipinski definition) is 4. The van der Waals surface area contributed by atoms with Gasteiger partial charge in [0, 0.05) is 17.3 Å². The maximum absolute atomic E-state index is 12.5. The monoisotopic (exact) mass is 406 g/mol. The highest BCUT2D eigenvalue weighted by Gasteiger charge is 2.21. The van der Waals surface area contributed by atoms with Crippen LogP contribution < -0.4 is 5.32 Å². The SMILES string of the molecule is Cc1cc(C=CC(F)(F)F)ccc1C(=O)Nc1ccc2sc(C(C)O)nc2c1. The van der Waals surface area contributed by atoms with E-state index in [1.807, 2.05) is 6.07 Å². The van der Waals surface area contributed by atoms with Gasteiger partial charge in [0.2, 0.25) is 0 Å². The molecule has 0 saturated heterocycles. The topological polar surface area (TPSA) is 62.2 Å².